The molecule has 0 aliphatic carbocycles. The lowest BCUT2D eigenvalue weighted by Gasteiger charge is -2.22. The van der Waals surface area contributed by atoms with E-state index in [4.69, 9.17) is 0 Å². The van der Waals surface area contributed by atoms with Gasteiger partial charge in [-0.3, -0.25) is 19.6 Å². The van der Waals surface area contributed by atoms with Gasteiger partial charge in [-0.2, -0.15) is 10.2 Å². The zero-order chi connectivity index (χ0) is 12.7. The van der Waals surface area contributed by atoms with Crippen molar-refractivity contribution in [3.8, 4) is 0 Å². The number of hydrogen-bond acceptors (Lipinski definition) is 6. The molecule has 90 valence electrons. The molecule has 1 aliphatic heterocycles. The fraction of sp³-hybridized carbons (Fsp3) is 0.455. The standard InChI is InChI=1S/C11H14N4O2/c1-6-5-7(2)13-15(4)9-8(14(3)12-6)10(16)11(9)17/h5H2,1-4H3/b12-6-,13-7-. The van der Waals surface area contributed by atoms with Gasteiger partial charge in [-0.25, -0.2) is 0 Å². The van der Waals surface area contributed by atoms with E-state index >= 15 is 0 Å². The fourth-order valence-corrected chi connectivity index (χ4v) is 2.02. The molecule has 1 aliphatic rings. The maximum absolute atomic E-state index is 11.5. The number of fused-ring (bicyclic) bond motifs is 1. The predicted octanol–water partition coefficient (Wildman–Crippen LogP) is 0.310. The van der Waals surface area contributed by atoms with Crippen LogP contribution in [0, 0.1) is 0 Å². The van der Waals surface area contributed by atoms with Gasteiger partial charge >= 0.3 is 0 Å². The van der Waals surface area contributed by atoms with Crippen molar-refractivity contribution < 1.29 is 0 Å². The Labute approximate surface area is 98.5 Å². The van der Waals surface area contributed by atoms with Gasteiger partial charge in [0.25, 0.3) is 10.9 Å². The summed E-state index contributed by atoms with van der Waals surface area (Å²) in [7, 11) is 3.33. The molecule has 1 heterocycles. The summed E-state index contributed by atoms with van der Waals surface area (Å²) in [5.74, 6) is 0. The van der Waals surface area contributed by atoms with Gasteiger partial charge in [0.15, 0.2) is 0 Å². The van der Waals surface area contributed by atoms with Crippen LogP contribution < -0.4 is 20.9 Å². The first kappa shape index (κ1) is 11.5. The molecule has 17 heavy (non-hydrogen) atoms. The van der Waals surface area contributed by atoms with Gasteiger partial charge < -0.3 is 0 Å². The topological polar surface area (TPSA) is 65.3 Å². The van der Waals surface area contributed by atoms with Crippen molar-refractivity contribution in [2.24, 2.45) is 10.2 Å². The van der Waals surface area contributed by atoms with Crippen LogP contribution >= 0.6 is 0 Å². The molecule has 6 nitrogen and oxygen atoms in total. The van der Waals surface area contributed by atoms with E-state index < -0.39 is 10.9 Å². The number of hydrazone groups is 2. The van der Waals surface area contributed by atoms with Crippen LogP contribution in [-0.4, -0.2) is 25.5 Å². The van der Waals surface area contributed by atoms with E-state index in [0.29, 0.717) is 17.8 Å². The third kappa shape index (κ3) is 1.75. The van der Waals surface area contributed by atoms with Crippen molar-refractivity contribution in [3.05, 3.63) is 20.4 Å². The van der Waals surface area contributed by atoms with Crippen LogP contribution in [0.25, 0.3) is 0 Å². The summed E-state index contributed by atoms with van der Waals surface area (Å²) >= 11 is 0. The van der Waals surface area contributed by atoms with Crippen molar-refractivity contribution in [2.45, 2.75) is 20.3 Å². The predicted molar refractivity (Wildman–Crippen MR) is 69.0 cm³/mol. The molecule has 2 rings (SSSR count). The van der Waals surface area contributed by atoms with Crippen LogP contribution in [0.4, 0.5) is 11.4 Å². The minimum atomic E-state index is -0.499. The molecule has 6 heteroatoms. The lowest BCUT2D eigenvalue weighted by molar-refractivity contribution is 0.943. The largest absolute Gasteiger partial charge is 0.283 e. The average molecular weight is 234 g/mol. The highest BCUT2D eigenvalue weighted by atomic mass is 16.2. The van der Waals surface area contributed by atoms with Gasteiger partial charge in [0.2, 0.25) is 0 Å². The van der Waals surface area contributed by atoms with Crippen molar-refractivity contribution in [2.75, 3.05) is 24.1 Å². The van der Waals surface area contributed by atoms with Crippen LogP contribution in [0.2, 0.25) is 0 Å². The minimum Gasteiger partial charge on any atom is -0.283 e. The van der Waals surface area contributed by atoms with Crippen molar-refractivity contribution in [1.29, 1.82) is 0 Å². The normalized spacial score (nSPS) is 23.1. The Kier molecular flexibility index (Phi) is 2.57. The van der Waals surface area contributed by atoms with Crippen molar-refractivity contribution in [1.82, 2.24) is 0 Å². The van der Waals surface area contributed by atoms with E-state index in [1.54, 1.807) is 14.1 Å². The lowest BCUT2D eigenvalue weighted by Crippen LogP contribution is -2.41. The number of rotatable bonds is 0. The third-order valence-electron chi connectivity index (χ3n) is 2.66. The monoisotopic (exact) mass is 234 g/mol. The van der Waals surface area contributed by atoms with E-state index in [1.165, 1.54) is 10.0 Å². The van der Waals surface area contributed by atoms with Crippen LogP contribution in [0.15, 0.2) is 19.8 Å². The SMILES string of the molecule is C/C1=N/N(C)c2c(c(=O)c2=O)N(C)/N=C(/C)C1. The molecule has 0 saturated heterocycles. The molecule has 0 radical (unpaired) electrons. The molecular formula is C11H14N4O2. The van der Waals surface area contributed by atoms with Gasteiger partial charge in [-0.15, -0.1) is 0 Å². The van der Waals surface area contributed by atoms with Crippen LogP contribution in [0.3, 0.4) is 0 Å². The number of nitrogens with zero attached hydrogens (tertiary/aromatic N) is 4. The Balaban J connectivity index is 2.61. The summed E-state index contributed by atoms with van der Waals surface area (Å²) in [6, 6.07) is 0. The molecule has 0 amide bonds. The molecule has 0 N–H and O–H groups in total. The van der Waals surface area contributed by atoms with Gasteiger partial charge in [0.1, 0.15) is 11.4 Å². The summed E-state index contributed by atoms with van der Waals surface area (Å²) < 4.78 is 0. The highest BCUT2D eigenvalue weighted by Gasteiger charge is 2.28. The van der Waals surface area contributed by atoms with Crippen molar-refractivity contribution >= 4 is 22.8 Å². The number of hydrogen-bond donors (Lipinski definition) is 0. The van der Waals surface area contributed by atoms with Gasteiger partial charge in [-0.1, -0.05) is 0 Å². The van der Waals surface area contributed by atoms with Crippen LogP contribution in [0.5, 0.6) is 0 Å². The number of anilines is 2. The Hall–Kier alpha value is -1.98. The Morgan fingerprint density at radius 1 is 0.882 bits per heavy atom. The summed E-state index contributed by atoms with van der Waals surface area (Å²) in [4.78, 5) is 23.0. The van der Waals surface area contributed by atoms with E-state index in [1.807, 2.05) is 13.8 Å². The van der Waals surface area contributed by atoms with E-state index in [0.717, 1.165) is 11.4 Å². The summed E-state index contributed by atoms with van der Waals surface area (Å²) in [6.07, 6.45) is 0.623. The second-order valence-corrected chi connectivity index (χ2v) is 4.25. The van der Waals surface area contributed by atoms with Gasteiger partial charge in [0.05, 0.1) is 0 Å². The summed E-state index contributed by atoms with van der Waals surface area (Å²) in [6.45, 7) is 3.73. The lowest BCUT2D eigenvalue weighted by atomic mass is 10.2. The Morgan fingerprint density at radius 2 is 1.24 bits per heavy atom. The van der Waals surface area contributed by atoms with E-state index in [2.05, 4.69) is 10.2 Å². The molecule has 0 fully saturated rings. The fourth-order valence-electron chi connectivity index (χ4n) is 2.02. The van der Waals surface area contributed by atoms with Gasteiger partial charge in [-0.05, 0) is 13.8 Å². The van der Waals surface area contributed by atoms with E-state index in [9.17, 15) is 9.59 Å². The molecule has 0 spiro atoms. The zero-order valence-corrected chi connectivity index (χ0v) is 10.3. The molecule has 1 aromatic carbocycles. The van der Waals surface area contributed by atoms with Crippen LogP contribution in [-0.2, 0) is 0 Å². The quantitative estimate of drug-likeness (QED) is 0.606. The Morgan fingerprint density at radius 3 is 1.59 bits per heavy atom. The molecule has 0 unspecified atom stereocenters. The first-order valence-corrected chi connectivity index (χ1v) is 5.30. The molecule has 0 saturated carbocycles. The maximum atomic E-state index is 11.5. The van der Waals surface area contributed by atoms with E-state index in [-0.39, 0.29) is 0 Å². The highest BCUT2D eigenvalue weighted by Crippen LogP contribution is 2.24. The second kappa shape index (κ2) is 3.80. The highest BCUT2D eigenvalue weighted by molar-refractivity contribution is 6.03. The smallest absolute Gasteiger partial charge is 0.255 e. The average Bonchev–Trinajstić information content (AvgIpc) is 2.24. The van der Waals surface area contributed by atoms with Crippen molar-refractivity contribution in [3.63, 3.8) is 0 Å². The Bertz CT molecular complexity index is 541. The molecule has 0 aromatic heterocycles. The molecule has 0 atom stereocenters. The molecule has 1 aromatic rings. The zero-order valence-electron chi connectivity index (χ0n) is 10.3. The summed E-state index contributed by atoms with van der Waals surface area (Å²) in [5, 5.41) is 11.4. The maximum Gasteiger partial charge on any atom is 0.255 e. The second-order valence-electron chi connectivity index (χ2n) is 4.25. The first-order valence-electron chi connectivity index (χ1n) is 5.30. The molecular weight excluding hydrogens is 220 g/mol. The minimum absolute atomic E-state index is 0.315. The summed E-state index contributed by atoms with van der Waals surface area (Å²) in [5.41, 5.74) is 1.33. The molecule has 0 bridgehead atoms. The van der Waals surface area contributed by atoms with Gasteiger partial charge in [0, 0.05) is 31.9 Å². The van der Waals surface area contributed by atoms with Crippen LogP contribution in [0.1, 0.15) is 20.3 Å². The third-order valence-corrected chi connectivity index (χ3v) is 2.66. The first-order chi connectivity index (χ1) is 7.91.